The van der Waals surface area contributed by atoms with Crippen molar-refractivity contribution < 1.29 is 4.79 Å². The molecule has 1 aromatic heterocycles. The summed E-state index contributed by atoms with van der Waals surface area (Å²) < 4.78 is 1.85. The first-order valence-electron chi connectivity index (χ1n) is 6.02. The zero-order valence-corrected chi connectivity index (χ0v) is 15.4. The van der Waals surface area contributed by atoms with Gasteiger partial charge in [-0.1, -0.05) is 0 Å². The Hall–Kier alpha value is 0.380. The summed E-state index contributed by atoms with van der Waals surface area (Å²) in [5.41, 5.74) is 6.74. The second-order valence-corrected chi connectivity index (χ2v) is 8.41. The van der Waals surface area contributed by atoms with Crippen LogP contribution in [0.5, 0.6) is 0 Å². The molecular formula is C12H17Br2ClN2OS. The second kappa shape index (κ2) is 7.41. The maximum Gasteiger partial charge on any atom is 0.256 e. The molecule has 0 radical (unpaired) electrons. The molecule has 2 rings (SSSR count). The van der Waals surface area contributed by atoms with Crippen LogP contribution in [0.1, 0.15) is 36.5 Å². The molecule has 7 heteroatoms. The second-order valence-electron chi connectivity index (χ2n) is 4.66. The summed E-state index contributed by atoms with van der Waals surface area (Å²) in [4.78, 5) is 14.5. The fraction of sp³-hybridized carbons (Fsp3) is 0.583. The number of carbonyl (C=O) groups is 1. The van der Waals surface area contributed by atoms with E-state index >= 15 is 0 Å². The Morgan fingerprint density at radius 1 is 1.53 bits per heavy atom. The third kappa shape index (κ3) is 3.94. The van der Waals surface area contributed by atoms with Crippen LogP contribution in [0.25, 0.3) is 0 Å². The van der Waals surface area contributed by atoms with Crippen molar-refractivity contribution in [1.29, 1.82) is 0 Å². The Labute approximate surface area is 140 Å². The number of nitrogens with two attached hydrogens (primary N) is 1. The molecule has 1 aliphatic heterocycles. The number of halogens is 3. The lowest BCUT2D eigenvalue weighted by Gasteiger charge is -2.38. The summed E-state index contributed by atoms with van der Waals surface area (Å²) in [5.74, 6) is 0.0887. The van der Waals surface area contributed by atoms with E-state index < -0.39 is 0 Å². The van der Waals surface area contributed by atoms with Gasteiger partial charge >= 0.3 is 0 Å². The molecule has 0 aromatic carbocycles. The van der Waals surface area contributed by atoms with E-state index in [1.54, 1.807) is 0 Å². The largest absolute Gasteiger partial charge is 0.334 e. The zero-order chi connectivity index (χ0) is 13.3. The highest BCUT2D eigenvalue weighted by molar-refractivity contribution is 9.12. The Bertz CT molecular complexity index is 453. The number of hydrogen-bond donors (Lipinski definition) is 1. The molecule has 2 atom stereocenters. The maximum atomic E-state index is 12.6. The van der Waals surface area contributed by atoms with Crippen molar-refractivity contribution >= 4 is 61.5 Å². The van der Waals surface area contributed by atoms with E-state index in [2.05, 4.69) is 31.9 Å². The number of rotatable bonds is 2. The molecule has 2 heterocycles. The van der Waals surface area contributed by atoms with Crippen molar-refractivity contribution in [1.82, 2.24) is 4.90 Å². The third-order valence-electron chi connectivity index (χ3n) is 3.30. The van der Waals surface area contributed by atoms with Crippen molar-refractivity contribution in [3.63, 3.8) is 0 Å². The van der Waals surface area contributed by atoms with Crippen molar-refractivity contribution in [2.45, 2.75) is 38.3 Å². The summed E-state index contributed by atoms with van der Waals surface area (Å²) in [6.07, 6.45) is 3.23. The average Bonchev–Trinajstić information content (AvgIpc) is 2.67. The van der Waals surface area contributed by atoms with Crippen LogP contribution >= 0.6 is 55.6 Å². The number of amides is 1. The van der Waals surface area contributed by atoms with Crippen molar-refractivity contribution in [3.05, 3.63) is 19.2 Å². The molecule has 0 spiro atoms. The van der Waals surface area contributed by atoms with E-state index in [4.69, 9.17) is 5.73 Å². The molecule has 2 N–H and O–H groups in total. The van der Waals surface area contributed by atoms with Crippen LogP contribution in [0.15, 0.2) is 13.6 Å². The molecule has 0 bridgehead atoms. The first kappa shape index (κ1) is 17.4. The minimum Gasteiger partial charge on any atom is -0.334 e. The highest BCUT2D eigenvalue weighted by Crippen LogP contribution is 2.34. The van der Waals surface area contributed by atoms with Crippen LogP contribution in [0.3, 0.4) is 0 Å². The summed E-state index contributed by atoms with van der Waals surface area (Å²) in [6.45, 7) is 2.79. The van der Waals surface area contributed by atoms with Gasteiger partial charge in [-0.25, -0.2) is 0 Å². The van der Waals surface area contributed by atoms with Gasteiger partial charge in [0.25, 0.3) is 5.91 Å². The Kier molecular flexibility index (Phi) is 6.79. The summed E-state index contributed by atoms with van der Waals surface area (Å²) in [6, 6.07) is 2.07. The van der Waals surface area contributed by atoms with Gasteiger partial charge in [-0.2, -0.15) is 0 Å². The van der Waals surface area contributed by atoms with Gasteiger partial charge in [0, 0.05) is 18.6 Å². The number of nitrogens with zero attached hydrogens (tertiary/aromatic N) is 1. The van der Waals surface area contributed by atoms with Gasteiger partial charge in [0.2, 0.25) is 0 Å². The standard InChI is InChI=1S/C12H16Br2N2OS.ClH/c1-7(15)9-4-2-3-5-16(9)12(17)8-6-10(13)18-11(8)14;/h6-7,9H,2-5,15H2,1H3;1H. The lowest BCUT2D eigenvalue weighted by Crippen LogP contribution is -2.51. The summed E-state index contributed by atoms with van der Waals surface area (Å²) in [7, 11) is 0. The first-order valence-corrected chi connectivity index (χ1v) is 8.42. The third-order valence-corrected chi connectivity index (χ3v) is 5.64. The number of piperidine rings is 1. The van der Waals surface area contributed by atoms with E-state index in [0.717, 1.165) is 38.9 Å². The van der Waals surface area contributed by atoms with E-state index in [9.17, 15) is 4.79 Å². The monoisotopic (exact) mass is 430 g/mol. The van der Waals surface area contributed by atoms with E-state index in [0.29, 0.717) is 0 Å². The minimum atomic E-state index is 0. The lowest BCUT2D eigenvalue weighted by molar-refractivity contribution is 0.0583. The van der Waals surface area contributed by atoms with Gasteiger partial charge in [-0.15, -0.1) is 23.7 Å². The molecule has 1 aliphatic rings. The summed E-state index contributed by atoms with van der Waals surface area (Å²) in [5, 5.41) is 0. The molecule has 1 amide bonds. The van der Waals surface area contributed by atoms with Crippen LogP contribution < -0.4 is 5.73 Å². The molecule has 2 unspecified atom stereocenters. The molecule has 0 saturated carbocycles. The minimum absolute atomic E-state index is 0. The van der Waals surface area contributed by atoms with Gasteiger partial charge in [-0.05, 0) is 64.1 Å². The number of carbonyl (C=O) groups excluding carboxylic acids is 1. The number of thiophene rings is 1. The van der Waals surface area contributed by atoms with Crippen molar-refractivity contribution in [2.75, 3.05) is 6.54 Å². The first-order chi connectivity index (χ1) is 8.50. The molecule has 1 saturated heterocycles. The van der Waals surface area contributed by atoms with Crippen molar-refractivity contribution in [3.8, 4) is 0 Å². The highest BCUT2D eigenvalue weighted by Gasteiger charge is 2.31. The van der Waals surface area contributed by atoms with Crippen molar-refractivity contribution in [2.24, 2.45) is 5.73 Å². The smallest absolute Gasteiger partial charge is 0.256 e. The highest BCUT2D eigenvalue weighted by atomic mass is 79.9. The Morgan fingerprint density at radius 3 is 2.74 bits per heavy atom. The molecule has 1 fully saturated rings. The Balaban J connectivity index is 0.00000180. The van der Waals surface area contributed by atoms with E-state index in [-0.39, 0.29) is 30.4 Å². The van der Waals surface area contributed by atoms with Gasteiger partial charge in [0.15, 0.2) is 0 Å². The van der Waals surface area contributed by atoms with Crippen LogP contribution in [-0.4, -0.2) is 29.4 Å². The molecule has 3 nitrogen and oxygen atoms in total. The van der Waals surface area contributed by atoms with Crippen LogP contribution in [0.4, 0.5) is 0 Å². The van der Waals surface area contributed by atoms with E-state index in [1.807, 2.05) is 17.9 Å². The molecule has 1 aromatic rings. The van der Waals surface area contributed by atoms with E-state index in [1.165, 1.54) is 11.3 Å². The van der Waals surface area contributed by atoms with Gasteiger partial charge in [0.05, 0.1) is 13.1 Å². The molecule has 0 aliphatic carbocycles. The fourth-order valence-electron chi connectivity index (χ4n) is 2.40. The normalized spacial score (nSPS) is 20.8. The molecular weight excluding hydrogens is 415 g/mol. The van der Waals surface area contributed by atoms with Gasteiger partial charge in [0.1, 0.15) is 0 Å². The SMILES string of the molecule is CC(N)C1CCCCN1C(=O)c1cc(Br)sc1Br.Cl. The van der Waals surface area contributed by atoms with Gasteiger partial charge in [-0.3, -0.25) is 4.79 Å². The van der Waals surface area contributed by atoms with Gasteiger partial charge < -0.3 is 10.6 Å². The number of hydrogen-bond acceptors (Lipinski definition) is 3. The lowest BCUT2D eigenvalue weighted by atomic mass is 9.96. The zero-order valence-electron chi connectivity index (χ0n) is 10.6. The molecule has 19 heavy (non-hydrogen) atoms. The predicted octanol–water partition coefficient (Wildman–Crippen LogP) is 4.04. The average molecular weight is 433 g/mol. The Morgan fingerprint density at radius 2 is 2.21 bits per heavy atom. The predicted molar refractivity (Wildman–Crippen MR) is 89.3 cm³/mol. The van der Waals surface area contributed by atoms with Crippen LogP contribution in [0.2, 0.25) is 0 Å². The van der Waals surface area contributed by atoms with Crippen LogP contribution in [0, 0.1) is 0 Å². The topological polar surface area (TPSA) is 46.3 Å². The maximum absolute atomic E-state index is 12.6. The summed E-state index contributed by atoms with van der Waals surface area (Å²) >= 11 is 8.39. The quantitative estimate of drug-likeness (QED) is 0.767. The molecule has 108 valence electrons. The number of likely N-dealkylation sites (tertiary alicyclic amines) is 1. The fourth-order valence-corrected chi connectivity index (χ4v) is 5.17. The van der Waals surface area contributed by atoms with Crippen LogP contribution in [-0.2, 0) is 0 Å².